The molecule has 4 heteroatoms. The Morgan fingerprint density at radius 1 is 1.38 bits per heavy atom. The van der Waals surface area contributed by atoms with E-state index in [0.29, 0.717) is 11.4 Å². The van der Waals surface area contributed by atoms with Crippen LogP contribution in [0.1, 0.15) is 19.8 Å². The Kier molecular flexibility index (Phi) is 5.12. The van der Waals surface area contributed by atoms with Crippen LogP contribution in [0.2, 0.25) is 5.02 Å². The summed E-state index contributed by atoms with van der Waals surface area (Å²) in [7, 11) is 0. The molecule has 0 aliphatic carbocycles. The highest BCUT2D eigenvalue weighted by molar-refractivity contribution is 6.30. The first-order valence-electron chi connectivity index (χ1n) is 5.35. The van der Waals surface area contributed by atoms with Crippen LogP contribution in [-0.4, -0.2) is 24.2 Å². The van der Waals surface area contributed by atoms with Gasteiger partial charge in [-0.2, -0.15) is 0 Å². The van der Waals surface area contributed by atoms with E-state index < -0.39 is 5.97 Å². The fourth-order valence-corrected chi connectivity index (χ4v) is 1.67. The van der Waals surface area contributed by atoms with Gasteiger partial charge in [0.2, 0.25) is 0 Å². The van der Waals surface area contributed by atoms with Gasteiger partial charge in [-0.25, -0.2) is 0 Å². The van der Waals surface area contributed by atoms with Gasteiger partial charge in [-0.15, -0.1) is 0 Å². The van der Waals surface area contributed by atoms with Crippen LogP contribution >= 0.6 is 11.6 Å². The minimum absolute atomic E-state index is 0.212. The molecular weight excluding hydrogens is 226 g/mol. The third-order valence-corrected chi connectivity index (χ3v) is 2.64. The molecule has 0 saturated heterocycles. The van der Waals surface area contributed by atoms with Gasteiger partial charge in [0.05, 0.1) is 0 Å². The fraction of sp³-hybridized carbons (Fsp3) is 0.417. The number of nitrogens with zero attached hydrogens (tertiary/aromatic N) is 1. The Bertz CT molecular complexity index is 337. The largest absolute Gasteiger partial charge is 0.481 e. The Morgan fingerprint density at radius 2 is 2.00 bits per heavy atom. The third-order valence-electron chi connectivity index (χ3n) is 2.39. The maximum atomic E-state index is 10.4. The first kappa shape index (κ1) is 12.8. The highest BCUT2D eigenvalue weighted by Crippen LogP contribution is 2.18. The molecule has 88 valence electrons. The van der Waals surface area contributed by atoms with Gasteiger partial charge in [-0.05, 0) is 37.6 Å². The normalized spacial score (nSPS) is 10.1. The number of hydrogen-bond donors (Lipinski definition) is 1. The molecule has 0 spiro atoms. The Labute approximate surface area is 101 Å². The van der Waals surface area contributed by atoms with Crippen LogP contribution in [0.4, 0.5) is 5.69 Å². The van der Waals surface area contributed by atoms with Crippen LogP contribution in [0.25, 0.3) is 0 Å². The topological polar surface area (TPSA) is 40.5 Å². The first-order chi connectivity index (χ1) is 7.63. The van der Waals surface area contributed by atoms with Crippen molar-refractivity contribution in [2.24, 2.45) is 0 Å². The lowest BCUT2D eigenvalue weighted by atomic mass is 10.2. The van der Waals surface area contributed by atoms with Crippen LogP contribution in [0, 0.1) is 0 Å². The average molecular weight is 242 g/mol. The van der Waals surface area contributed by atoms with Crippen molar-refractivity contribution in [3.05, 3.63) is 29.3 Å². The van der Waals surface area contributed by atoms with Gasteiger partial charge < -0.3 is 10.0 Å². The monoisotopic (exact) mass is 241 g/mol. The van der Waals surface area contributed by atoms with Gasteiger partial charge in [0, 0.05) is 30.2 Å². The summed E-state index contributed by atoms with van der Waals surface area (Å²) >= 11 is 5.81. The lowest BCUT2D eigenvalue weighted by molar-refractivity contribution is -0.137. The van der Waals surface area contributed by atoms with Crippen molar-refractivity contribution in [3.63, 3.8) is 0 Å². The van der Waals surface area contributed by atoms with Crippen LogP contribution in [0.5, 0.6) is 0 Å². The molecule has 1 N–H and O–H groups in total. The average Bonchev–Trinajstić information content (AvgIpc) is 2.26. The summed E-state index contributed by atoms with van der Waals surface area (Å²) < 4.78 is 0. The predicted octanol–water partition coefficient (Wildman–Crippen LogP) is 3.03. The zero-order valence-corrected chi connectivity index (χ0v) is 10.1. The van der Waals surface area contributed by atoms with E-state index in [-0.39, 0.29) is 6.42 Å². The number of carboxylic acids is 1. The van der Waals surface area contributed by atoms with Crippen molar-refractivity contribution in [3.8, 4) is 0 Å². The smallest absolute Gasteiger partial charge is 0.303 e. The van der Waals surface area contributed by atoms with Gasteiger partial charge in [0.15, 0.2) is 0 Å². The Morgan fingerprint density at radius 3 is 2.50 bits per heavy atom. The van der Waals surface area contributed by atoms with E-state index in [1.165, 1.54) is 0 Å². The summed E-state index contributed by atoms with van der Waals surface area (Å²) in [6.45, 7) is 3.67. The predicted molar refractivity (Wildman–Crippen MR) is 66.2 cm³/mol. The fourth-order valence-electron chi connectivity index (χ4n) is 1.54. The SMILES string of the molecule is CCN(CCCC(=O)O)c1ccc(Cl)cc1. The van der Waals surface area contributed by atoms with Crippen LogP contribution in [0.15, 0.2) is 24.3 Å². The van der Waals surface area contributed by atoms with E-state index >= 15 is 0 Å². The number of carboxylic acid groups (broad SMARTS) is 1. The van der Waals surface area contributed by atoms with Gasteiger partial charge in [0.25, 0.3) is 0 Å². The summed E-state index contributed by atoms with van der Waals surface area (Å²) in [6, 6.07) is 7.59. The van der Waals surface area contributed by atoms with E-state index in [0.717, 1.165) is 18.8 Å². The summed E-state index contributed by atoms with van der Waals surface area (Å²) in [5, 5.41) is 9.28. The number of carbonyl (C=O) groups is 1. The van der Waals surface area contributed by atoms with Crippen molar-refractivity contribution >= 4 is 23.3 Å². The molecule has 0 radical (unpaired) electrons. The second-order valence-corrected chi connectivity index (χ2v) is 3.99. The second-order valence-electron chi connectivity index (χ2n) is 3.55. The number of anilines is 1. The van der Waals surface area contributed by atoms with E-state index in [1.54, 1.807) is 0 Å². The van der Waals surface area contributed by atoms with E-state index in [2.05, 4.69) is 11.8 Å². The zero-order chi connectivity index (χ0) is 12.0. The molecular formula is C12H16ClNO2. The minimum atomic E-state index is -0.743. The quantitative estimate of drug-likeness (QED) is 0.832. The van der Waals surface area contributed by atoms with Crippen molar-refractivity contribution in [1.82, 2.24) is 0 Å². The molecule has 3 nitrogen and oxygen atoms in total. The van der Waals surface area contributed by atoms with Crippen LogP contribution in [0.3, 0.4) is 0 Å². The van der Waals surface area contributed by atoms with Crippen LogP contribution < -0.4 is 4.90 Å². The highest BCUT2D eigenvalue weighted by atomic mass is 35.5. The molecule has 0 saturated carbocycles. The molecule has 1 aromatic rings. The van der Waals surface area contributed by atoms with Gasteiger partial charge in [-0.3, -0.25) is 4.79 Å². The number of hydrogen-bond acceptors (Lipinski definition) is 2. The molecule has 0 fully saturated rings. The molecule has 0 unspecified atom stereocenters. The molecule has 0 aliphatic rings. The summed E-state index contributed by atoms with van der Waals surface area (Å²) in [5.74, 6) is -0.743. The molecule has 0 amide bonds. The number of aliphatic carboxylic acids is 1. The summed E-state index contributed by atoms with van der Waals surface area (Å²) in [6.07, 6.45) is 0.871. The Balaban J connectivity index is 2.53. The second kappa shape index (κ2) is 6.38. The van der Waals surface area contributed by atoms with Crippen molar-refractivity contribution in [2.45, 2.75) is 19.8 Å². The molecule has 0 aliphatic heterocycles. The standard InChI is InChI=1S/C12H16ClNO2/c1-2-14(9-3-4-12(15)16)11-7-5-10(13)6-8-11/h5-8H,2-4,9H2,1H3,(H,15,16). The molecule has 0 atom stereocenters. The minimum Gasteiger partial charge on any atom is -0.481 e. The molecule has 0 bridgehead atoms. The van der Waals surface area contributed by atoms with Gasteiger partial charge in [0.1, 0.15) is 0 Å². The van der Waals surface area contributed by atoms with Crippen molar-refractivity contribution < 1.29 is 9.90 Å². The van der Waals surface area contributed by atoms with E-state index in [1.807, 2.05) is 24.3 Å². The lowest BCUT2D eigenvalue weighted by Gasteiger charge is -2.22. The molecule has 1 rings (SSSR count). The van der Waals surface area contributed by atoms with Gasteiger partial charge >= 0.3 is 5.97 Å². The van der Waals surface area contributed by atoms with Crippen molar-refractivity contribution in [1.29, 1.82) is 0 Å². The van der Waals surface area contributed by atoms with Gasteiger partial charge in [-0.1, -0.05) is 11.6 Å². The van der Waals surface area contributed by atoms with Crippen LogP contribution in [-0.2, 0) is 4.79 Å². The molecule has 0 heterocycles. The lowest BCUT2D eigenvalue weighted by Crippen LogP contribution is -2.24. The maximum Gasteiger partial charge on any atom is 0.303 e. The van der Waals surface area contributed by atoms with E-state index in [9.17, 15) is 4.79 Å². The number of rotatable bonds is 6. The summed E-state index contributed by atoms with van der Waals surface area (Å²) in [4.78, 5) is 12.6. The third kappa shape index (κ3) is 4.11. The van der Waals surface area contributed by atoms with Crippen molar-refractivity contribution in [2.75, 3.05) is 18.0 Å². The maximum absolute atomic E-state index is 10.4. The summed E-state index contributed by atoms with van der Waals surface area (Å²) in [5.41, 5.74) is 1.08. The zero-order valence-electron chi connectivity index (χ0n) is 9.32. The molecule has 1 aromatic carbocycles. The number of benzene rings is 1. The molecule has 16 heavy (non-hydrogen) atoms. The number of halogens is 1. The Hall–Kier alpha value is -1.22. The first-order valence-corrected chi connectivity index (χ1v) is 5.73. The molecule has 0 aromatic heterocycles. The van der Waals surface area contributed by atoms with E-state index in [4.69, 9.17) is 16.7 Å². The highest BCUT2D eigenvalue weighted by Gasteiger charge is 2.05.